The van der Waals surface area contributed by atoms with Crippen LogP contribution in [0.5, 0.6) is 11.5 Å². The summed E-state index contributed by atoms with van der Waals surface area (Å²) in [6.07, 6.45) is 5.60. The van der Waals surface area contributed by atoms with E-state index in [9.17, 15) is 0 Å². The Kier molecular flexibility index (Phi) is 4.04. The summed E-state index contributed by atoms with van der Waals surface area (Å²) in [5.41, 5.74) is 8.61. The SMILES string of the molecule is NCCCCn1c(-c2cccnc2)nc2cc3c(cc21)OCCO3. The molecule has 0 bridgehead atoms. The molecule has 6 nitrogen and oxygen atoms in total. The lowest BCUT2D eigenvalue weighted by Crippen LogP contribution is -2.15. The van der Waals surface area contributed by atoms with Crippen molar-refractivity contribution in [1.29, 1.82) is 0 Å². The van der Waals surface area contributed by atoms with Gasteiger partial charge >= 0.3 is 0 Å². The molecule has 0 fully saturated rings. The van der Waals surface area contributed by atoms with Crippen molar-refractivity contribution in [2.24, 2.45) is 5.73 Å². The molecule has 6 heteroatoms. The minimum absolute atomic E-state index is 0.575. The van der Waals surface area contributed by atoms with Gasteiger partial charge in [-0.3, -0.25) is 4.98 Å². The molecule has 0 spiro atoms. The van der Waals surface area contributed by atoms with E-state index in [4.69, 9.17) is 20.2 Å². The number of rotatable bonds is 5. The minimum atomic E-state index is 0.575. The van der Waals surface area contributed by atoms with Gasteiger partial charge in [0, 0.05) is 36.6 Å². The van der Waals surface area contributed by atoms with Crippen molar-refractivity contribution < 1.29 is 9.47 Å². The molecule has 124 valence electrons. The van der Waals surface area contributed by atoms with Crippen molar-refractivity contribution in [3.8, 4) is 22.9 Å². The van der Waals surface area contributed by atoms with Gasteiger partial charge < -0.3 is 19.8 Å². The number of unbranched alkanes of at least 4 members (excludes halogenated alkanes) is 1. The zero-order valence-corrected chi connectivity index (χ0v) is 13.4. The first-order valence-electron chi connectivity index (χ1n) is 8.27. The number of hydrogen-bond donors (Lipinski definition) is 1. The molecular weight excluding hydrogens is 304 g/mol. The smallest absolute Gasteiger partial charge is 0.163 e. The average Bonchev–Trinajstić information content (AvgIpc) is 2.98. The number of nitrogens with two attached hydrogens (primary N) is 1. The standard InChI is InChI=1S/C18H20N4O2/c19-5-1-2-7-22-15-11-17-16(23-8-9-24-17)10-14(15)21-18(22)13-4-3-6-20-12-13/h3-4,6,10-12H,1-2,5,7-9,19H2. The van der Waals surface area contributed by atoms with E-state index in [2.05, 4.69) is 9.55 Å². The summed E-state index contributed by atoms with van der Waals surface area (Å²) in [4.78, 5) is 9.05. The van der Waals surface area contributed by atoms with Gasteiger partial charge in [-0.25, -0.2) is 4.98 Å². The molecule has 1 aliphatic rings. The molecule has 2 aromatic heterocycles. The number of benzene rings is 1. The third kappa shape index (κ3) is 2.69. The fourth-order valence-corrected chi connectivity index (χ4v) is 3.02. The largest absolute Gasteiger partial charge is 0.486 e. The number of imidazole rings is 1. The number of aromatic nitrogens is 3. The van der Waals surface area contributed by atoms with Crippen LogP contribution in [0.1, 0.15) is 12.8 Å². The molecule has 3 aromatic rings. The van der Waals surface area contributed by atoms with Crippen molar-refractivity contribution in [3.05, 3.63) is 36.7 Å². The minimum Gasteiger partial charge on any atom is -0.486 e. The fraction of sp³-hybridized carbons (Fsp3) is 0.333. The zero-order chi connectivity index (χ0) is 16.4. The van der Waals surface area contributed by atoms with Gasteiger partial charge in [-0.15, -0.1) is 0 Å². The molecule has 24 heavy (non-hydrogen) atoms. The highest BCUT2D eigenvalue weighted by atomic mass is 16.6. The summed E-state index contributed by atoms with van der Waals surface area (Å²) >= 11 is 0. The number of pyridine rings is 1. The van der Waals surface area contributed by atoms with E-state index >= 15 is 0 Å². The summed E-state index contributed by atoms with van der Waals surface area (Å²) in [6.45, 7) is 2.71. The van der Waals surface area contributed by atoms with Crippen LogP contribution in [0.2, 0.25) is 0 Å². The van der Waals surface area contributed by atoms with E-state index < -0.39 is 0 Å². The van der Waals surface area contributed by atoms with Gasteiger partial charge in [-0.1, -0.05) is 0 Å². The van der Waals surface area contributed by atoms with Crippen LogP contribution in [0, 0.1) is 0 Å². The van der Waals surface area contributed by atoms with E-state index in [1.165, 1.54) is 0 Å². The molecule has 3 heterocycles. The van der Waals surface area contributed by atoms with Crippen molar-refractivity contribution in [2.75, 3.05) is 19.8 Å². The van der Waals surface area contributed by atoms with Crippen LogP contribution >= 0.6 is 0 Å². The summed E-state index contributed by atoms with van der Waals surface area (Å²) < 4.78 is 13.6. The molecular formula is C18H20N4O2. The second-order valence-electron chi connectivity index (χ2n) is 5.81. The average molecular weight is 324 g/mol. The number of nitrogens with zero attached hydrogens (tertiary/aromatic N) is 3. The van der Waals surface area contributed by atoms with Crippen LogP contribution in [0.4, 0.5) is 0 Å². The van der Waals surface area contributed by atoms with Crippen LogP contribution in [0.3, 0.4) is 0 Å². The third-order valence-corrected chi connectivity index (χ3v) is 4.17. The van der Waals surface area contributed by atoms with E-state index in [-0.39, 0.29) is 0 Å². The first-order valence-corrected chi connectivity index (χ1v) is 8.27. The Labute approximate surface area is 140 Å². The van der Waals surface area contributed by atoms with E-state index in [0.717, 1.165) is 53.3 Å². The van der Waals surface area contributed by atoms with Crippen molar-refractivity contribution in [2.45, 2.75) is 19.4 Å². The Hall–Kier alpha value is -2.60. The van der Waals surface area contributed by atoms with E-state index in [1.807, 2.05) is 30.5 Å². The number of ether oxygens (including phenoxy) is 2. The zero-order valence-electron chi connectivity index (χ0n) is 13.4. The summed E-state index contributed by atoms with van der Waals surface area (Å²) in [6, 6.07) is 7.94. The maximum absolute atomic E-state index is 5.73. The summed E-state index contributed by atoms with van der Waals surface area (Å²) in [5, 5.41) is 0. The lowest BCUT2D eigenvalue weighted by molar-refractivity contribution is 0.172. The highest BCUT2D eigenvalue weighted by Crippen LogP contribution is 2.36. The molecule has 0 aliphatic carbocycles. The predicted molar refractivity (Wildman–Crippen MR) is 92.2 cm³/mol. The number of fused-ring (bicyclic) bond motifs is 2. The quantitative estimate of drug-likeness (QED) is 0.730. The Balaban J connectivity index is 1.85. The topological polar surface area (TPSA) is 75.2 Å². The normalized spacial score (nSPS) is 13.4. The lowest BCUT2D eigenvalue weighted by Gasteiger charge is -2.18. The Morgan fingerprint density at radius 3 is 2.71 bits per heavy atom. The molecule has 4 rings (SSSR count). The monoisotopic (exact) mass is 324 g/mol. The number of hydrogen-bond acceptors (Lipinski definition) is 5. The van der Waals surface area contributed by atoms with Crippen molar-refractivity contribution in [3.63, 3.8) is 0 Å². The van der Waals surface area contributed by atoms with Gasteiger partial charge in [0.1, 0.15) is 19.0 Å². The molecule has 2 N–H and O–H groups in total. The Morgan fingerprint density at radius 1 is 1.12 bits per heavy atom. The number of aryl methyl sites for hydroxylation is 1. The molecule has 0 saturated carbocycles. The van der Waals surface area contributed by atoms with Gasteiger partial charge in [0.25, 0.3) is 0 Å². The molecule has 0 unspecified atom stereocenters. The Bertz CT molecular complexity index is 845. The predicted octanol–water partition coefficient (Wildman–Crippen LogP) is 2.61. The van der Waals surface area contributed by atoms with Gasteiger partial charge in [0.2, 0.25) is 0 Å². The van der Waals surface area contributed by atoms with Gasteiger partial charge in [-0.2, -0.15) is 0 Å². The second kappa shape index (κ2) is 6.49. The molecule has 1 aliphatic heterocycles. The maximum atomic E-state index is 5.73. The molecule has 0 radical (unpaired) electrons. The van der Waals surface area contributed by atoms with Crippen molar-refractivity contribution in [1.82, 2.24) is 14.5 Å². The highest BCUT2D eigenvalue weighted by molar-refractivity contribution is 5.84. The van der Waals surface area contributed by atoms with E-state index in [1.54, 1.807) is 6.20 Å². The van der Waals surface area contributed by atoms with Gasteiger partial charge in [-0.05, 0) is 31.5 Å². The van der Waals surface area contributed by atoms with Crippen molar-refractivity contribution >= 4 is 11.0 Å². The Morgan fingerprint density at radius 2 is 1.96 bits per heavy atom. The maximum Gasteiger partial charge on any atom is 0.163 e. The molecule has 0 atom stereocenters. The first-order chi connectivity index (χ1) is 11.9. The summed E-state index contributed by atoms with van der Waals surface area (Å²) in [7, 11) is 0. The van der Waals surface area contributed by atoms with Crippen LogP contribution in [0.25, 0.3) is 22.4 Å². The van der Waals surface area contributed by atoms with Crippen LogP contribution in [0.15, 0.2) is 36.7 Å². The second-order valence-corrected chi connectivity index (χ2v) is 5.81. The van der Waals surface area contributed by atoms with Crippen LogP contribution in [-0.4, -0.2) is 34.3 Å². The van der Waals surface area contributed by atoms with Crippen LogP contribution < -0.4 is 15.2 Å². The van der Waals surface area contributed by atoms with E-state index in [0.29, 0.717) is 19.8 Å². The lowest BCUT2D eigenvalue weighted by atomic mass is 10.2. The first kappa shape index (κ1) is 15.0. The third-order valence-electron chi connectivity index (χ3n) is 4.17. The fourth-order valence-electron chi connectivity index (χ4n) is 3.02. The van der Waals surface area contributed by atoms with Crippen LogP contribution in [-0.2, 0) is 6.54 Å². The highest BCUT2D eigenvalue weighted by Gasteiger charge is 2.18. The molecule has 0 amide bonds. The van der Waals surface area contributed by atoms with Gasteiger partial charge in [0.05, 0.1) is 11.0 Å². The molecule has 1 aromatic carbocycles. The van der Waals surface area contributed by atoms with Gasteiger partial charge in [0.15, 0.2) is 11.5 Å². The summed E-state index contributed by atoms with van der Waals surface area (Å²) in [5.74, 6) is 2.46. The molecule has 0 saturated heterocycles.